The van der Waals surface area contributed by atoms with Gasteiger partial charge in [0, 0.05) is 11.0 Å². The van der Waals surface area contributed by atoms with Gasteiger partial charge in [-0.3, -0.25) is 4.79 Å². The summed E-state index contributed by atoms with van der Waals surface area (Å²) in [4.78, 5) is 12.0. The summed E-state index contributed by atoms with van der Waals surface area (Å²) in [6.07, 6.45) is 4.57. The molecule has 5 nitrogen and oxygen atoms in total. The van der Waals surface area contributed by atoms with Crippen LogP contribution in [0.15, 0.2) is 21.5 Å². The molecule has 1 amide bonds. The molecule has 1 aliphatic carbocycles. The normalized spacial score (nSPS) is 15.0. The highest BCUT2D eigenvalue weighted by Crippen LogP contribution is 2.33. The Kier molecular flexibility index (Phi) is 5.29. The van der Waals surface area contributed by atoms with E-state index in [2.05, 4.69) is 21.2 Å². The van der Waals surface area contributed by atoms with Gasteiger partial charge in [-0.05, 0) is 46.8 Å². The highest BCUT2D eigenvalue weighted by atomic mass is 79.9. The molecule has 0 spiro atoms. The van der Waals surface area contributed by atoms with Crippen molar-refractivity contribution in [2.45, 2.75) is 30.6 Å². The molecule has 0 saturated heterocycles. The standard InChI is InChI=1S/C13H16BrClN2O3S/c14-11-7-9(21(16,19)20)6-10(12(11)15)13(18)17-5-1-2-8-3-4-8/h6-8H,1-5H2,(H,17,18)(H2,16,19,20). The first-order valence-corrected chi connectivity index (χ1v) is 9.31. The number of hydrogen-bond acceptors (Lipinski definition) is 3. The van der Waals surface area contributed by atoms with E-state index in [1.165, 1.54) is 25.0 Å². The Morgan fingerprint density at radius 3 is 2.67 bits per heavy atom. The van der Waals surface area contributed by atoms with Crippen molar-refractivity contribution in [3.63, 3.8) is 0 Å². The van der Waals surface area contributed by atoms with Crippen LogP contribution in [-0.4, -0.2) is 20.9 Å². The van der Waals surface area contributed by atoms with Crippen LogP contribution in [0.3, 0.4) is 0 Å². The smallest absolute Gasteiger partial charge is 0.252 e. The quantitative estimate of drug-likeness (QED) is 0.726. The zero-order valence-corrected chi connectivity index (χ0v) is 14.4. The molecule has 8 heteroatoms. The van der Waals surface area contributed by atoms with Crippen molar-refractivity contribution in [2.75, 3.05) is 6.54 Å². The van der Waals surface area contributed by atoms with E-state index in [4.69, 9.17) is 16.7 Å². The highest BCUT2D eigenvalue weighted by molar-refractivity contribution is 9.10. The minimum absolute atomic E-state index is 0.0986. The summed E-state index contributed by atoms with van der Waals surface area (Å²) >= 11 is 9.17. The number of nitrogens with two attached hydrogens (primary N) is 1. The van der Waals surface area contributed by atoms with E-state index in [1.807, 2.05) is 0 Å². The van der Waals surface area contributed by atoms with Crippen LogP contribution >= 0.6 is 27.5 Å². The molecule has 0 unspecified atom stereocenters. The number of benzene rings is 1. The van der Waals surface area contributed by atoms with Crippen molar-refractivity contribution in [1.29, 1.82) is 0 Å². The molecule has 1 fully saturated rings. The van der Waals surface area contributed by atoms with Gasteiger partial charge in [0.1, 0.15) is 0 Å². The molecule has 21 heavy (non-hydrogen) atoms. The van der Waals surface area contributed by atoms with Gasteiger partial charge in [-0.15, -0.1) is 0 Å². The summed E-state index contributed by atoms with van der Waals surface area (Å²) in [5.41, 5.74) is 0.0986. The molecular formula is C13H16BrClN2O3S. The molecule has 0 heterocycles. The van der Waals surface area contributed by atoms with Gasteiger partial charge in [0.05, 0.1) is 15.5 Å². The predicted molar refractivity (Wildman–Crippen MR) is 84.8 cm³/mol. The van der Waals surface area contributed by atoms with Crippen molar-refractivity contribution in [3.05, 3.63) is 27.2 Å². The fraction of sp³-hybridized carbons (Fsp3) is 0.462. The number of carbonyl (C=O) groups is 1. The second-order valence-electron chi connectivity index (χ2n) is 5.15. The van der Waals surface area contributed by atoms with E-state index in [-0.39, 0.29) is 15.5 Å². The number of carbonyl (C=O) groups excluding carboxylic acids is 1. The number of amides is 1. The Hall–Kier alpha value is -0.630. The van der Waals surface area contributed by atoms with E-state index >= 15 is 0 Å². The molecule has 0 aliphatic heterocycles. The van der Waals surface area contributed by atoms with Gasteiger partial charge < -0.3 is 5.32 Å². The molecule has 116 valence electrons. The van der Waals surface area contributed by atoms with Crippen molar-refractivity contribution in [3.8, 4) is 0 Å². The summed E-state index contributed by atoms with van der Waals surface area (Å²) < 4.78 is 23.1. The van der Waals surface area contributed by atoms with E-state index < -0.39 is 15.9 Å². The van der Waals surface area contributed by atoms with Crippen molar-refractivity contribution >= 4 is 43.5 Å². The lowest BCUT2D eigenvalue weighted by atomic mass is 10.2. The Morgan fingerprint density at radius 1 is 1.43 bits per heavy atom. The molecule has 0 atom stereocenters. The molecular weight excluding hydrogens is 380 g/mol. The Labute approximate surface area is 137 Å². The molecule has 1 aromatic rings. The zero-order chi connectivity index (χ0) is 15.6. The van der Waals surface area contributed by atoms with Crippen molar-refractivity contribution < 1.29 is 13.2 Å². The number of sulfonamides is 1. The van der Waals surface area contributed by atoms with Crippen molar-refractivity contribution in [1.82, 2.24) is 5.32 Å². The van der Waals surface area contributed by atoms with E-state index in [1.54, 1.807) is 0 Å². The molecule has 0 aromatic heterocycles. The van der Waals surface area contributed by atoms with Crippen LogP contribution in [0.5, 0.6) is 0 Å². The second kappa shape index (κ2) is 6.64. The summed E-state index contributed by atoms with van der Waals surface area (Å²) in [7, 11) is -3.89. The van der Waals surface area contributed by atoms with Crippen LogP contribution < -0.4 is 10.5 Å². The predicted octanol–water partition coefficient (Wildman–Crippen LogP) is 2.67. The maximum Gasteiger partial charge on any atom is 0.252 e. The van der Waals surface area contributed by atoms with Gasteiger partial charge in [0.2, 0.25) is 10.0 Å². The van der Waals surface area contributed by atoms with Crippen LogP contribution in [-0.2, 0) is 10.0 Å². The highest BCUT2D eigenvalue weighted by Gasteiger charge is 2.21. The van der Waals surface area contributed by atoms with Gasteiger partial charge in [-0.1, -0.05) is 24.4 Å². The summed E-state index contributed by atoms with van der Waals surface area (Å²) in [6.45, 7) is 0.545. The number of rotatable bonds is 6. The SMILES string of the molecule is NS(=O)(=O)c1cc(Br)c(Cl)c(C(=O)NCCCC2CC2)c1. The second-order valence-corrected chi connectivity index (χ2v) is 7.95. The molecule has 2 rings (SSSR count). The monoisotopic (exact) mass is 394 g/mol. The molecule has 1 aromatic carbocycles. The van der Waals surface area contributed by atoms with Gasteiger partial charge in [-0.2, -0.15) is 0 Å². The van der Waals surface area contributed by atoms with E-state index in [0.717, 1.165) is 18.8 Å². The largest absolute Gasteiger partial charge is 0.352 e. The average Bonchev–Trinajstić information content (AvgIpc) is 3.20. The third kappa shape index (κ3) is 4.67. The first-order chi connectivity index (χ1) is 9.79. The van der Waals surface area contributed by atoms with Crippen LogP contribution in [0.1, 0.15) is 36.0 Å². The summed E-state index contributed by atoms with van der Waals surface area (Å²) in [6, 6.07) is 2.47. The van der Waals surface area contributed by atoms with Crippen LogP contribution in [0.2, 0.25) is 5.02 Å². The molecule has 1 aliphatic rings. The molecule has 0 bridgehead atoms. The maximum absolute atomic E-state index is 12.1. The van der Waals surface area contributed by atoms with Crippen molar-refractivity contribution in [2.24, 2.45) is 11.1 Å². The Balaban J connectivity index is 2.09. The first kappa shape index (κ1) is 16.7. The van der Waals surface area contributed by atoms with Gasteiger partial charge in [-0.25, -0.2) is 13.6 Å². The molecule has 0 radical (unpaired) electrons. The first-order valence-electron chi connectivity index (χ1n) is 6.59. The lowest BCUT2D eigenvalue weighted by Crippen LogP contribution is -2.25. The third-order valence-electron chi connectivity index (χ3n) is 3.35. The van der Waals surface area contributed by atoms with E-state index in [9.17, 15) is 13.2 Å². The lowest BCUT2D eigenvalue weighted by Gasteiger charge is -2.09. The minimum Gasteiger partial charge on any atom is -0.352 e. The number of primary sulfonamides is 1. The Morgan fingerprint density at radius 2 is 2.10 bits per heavy atom. The minimum atomic E-state index is -3.89. The summed E-state index contributed by atoms with van der Waals surface area (Å²) in [5.74, 6) is 0.410. The maximum atomic E-state index is 12.1. The number of nitrogens with one attached hydrogen (secondary N) is 1. The Bertz CT molecular complexity index is 660. The van der Waals surface area contributed by atoms with Crippen LogP contribution in [0.4, 0.5) is 0 Å². The van der Waals surface area contributed by atoms with Crippen LogP contribution in [0.25, 0.3) is 0 Å². The number of hydrogen-bond donors (Lipinski definition) is 2. The van der Waals surface area contributed by atoms with Gasteiger partial charge >= 0.3 is 0 Å². The van der Waals surface area contributed by atoms with E-state index in [0.29, 0.717) is 11.0 Å². The van der Waals surface area contributed by atoms with Gasteiger partial charge in [0.15, 0.2) is 0 Å². The van der Waals surface area contributed by atoms with Gasteiger partial charge in [0.25, 0.3) is 5.91 Å². The van der Waals surface area contributed by atoms with Crippen LogP contribution in [0, 0.1) is 5.92 Å². The topological polar surface area (TPSA) is 89.3 Å². The molecule has 1 saturated carbocycles. The fourth-order valence-electron chi connectivity index (χ4n) is 1.99. The lowest BCUT2D eigenvalue weighted by molar-refractivity contribution is 0.0952. The molecule has 3 N–H and O–H groups in total. The zero-order valence-electron chi connectivity index (χ0n) is 11.2. The third-order valence-corrected chi connectivity index (χ3v) is 5.50. The fourth-order valence-corrected chi connectivity index (χ4v) is 3.36. The summed E-state index contributed by atoms with van der Waals surface area (Å²) in [5, 5.41) is 8.00. The average molecular weight is 396 g/mol. The number of halogens is 2.